The minimum Gasteiger partial charge on any atom is -0.506 e. The van der Waals surface area contributed by atoms with E-state index in [1.165, 1.54) is 19.2 Å². The fraction of sp³-hybridized carbons (Fsp3) is 0.0769. The third kappa shape index (κ3) is 3.21. The first-order valence-corrected chi connectivity index (χ1v) is 7.24. The molecule has 1 aromatic carbocycles. The molecule has 0 spiro atoms. The Morgan fingerprint density at radius 3 is 2.91 bits per heavy atom. The van der Waals surface area contributed by atoms with Gasteiger partial charge in [-0.25, -0.2) is 14.8 Å². The van der Waals surface area contributed by atoms with Crippen LogP contribution < -0.4 is 10.6 Å². The molecule has 2 aromatic heterocycles. The number of fused-ring (bicyclic) bond motifs is 1. The van der Waals surface area contributed by atoms with Crippen molar-refractivity contribution in [3.63, 3.8) is 0 Å². The first kappa shape index (κ1) is 14.8. The van der Waals surface area contributed by atoms with Gasteiger partial charge in [0.2, 0.25) is 0 Å². The molecule has 2 heterocycles. The number of hydrogen-bond donors (Lipinski definition) is 3. The van der Waals surface area contributed by atoms with E-state index in [9.17, 15) is 9.90 Å². The zero-order valence-corrected chi connectivity index (χ0v) is 12.7. The molecule has 0 saturated heterocycles. The van der Waals surface area contributed by atoms with E-state index in [0.29, 0.717) is 21.9 Å². The Morgan fingerprint density at radius 1 is 1.26 bits per heavy atom. The zero-order chi connectivity index (χ0) is 16.2. The maximum absolute atomic E-state index is 11.3. The first-order chi connectivity index (χ1) is 11.2. The number of anilines is 1. The van der Waals surface area contributed by atoms with Crippen molar-refractivity contribution in [2.45, 2.75) is 0 Å². The molecular weight excluding hydrogens is 318 g/mol. The quantitative estimate of drug-likeness (QED) is 0.503. The predicted molar refractivity (Wildman–Crippen MR) is 85.6 cm³/mol. The minimum atomic E-state index is -0.446. The van der Waals surface area contributed by atoms with E-state index in [2.05, 4.69) is 35.2 Å². The van der Waals surface area contributed by atoms with Crippen LogP contribution in [0, 0.1) is 0 Å². The van der Waals surface area contributed by atoms with Gasteiger partial charge in [0, 0.05) is 19.4 Å². The van der Waals surface area contributed by atoms with E-state index < -0.39 is 6.03 Å². The van der Waals surface area contributed by atoms with E-state index in [-0.39, 0.29) is 11.4 Å². The Balaban J connectivity index is 1.87. The predicted octanol–water partition coefficient (Wildman–Crippen LogP) is 2.96. The molecule has 23 heavy (non-hydrogen) atoms. The van der Waals surface area contributed by atoms with Crippen LogP contribution in [0.1, 0.15) is 0 Å². The Morgan fingerprint density at radius 2 is 2.09 bits per heavy atom. The summed E-state index contributed by atoms with van der Waals surface area (Å²) in [4.78, 5) is 19.6. The number of phenols is 1. The fourth-order valence-corrected chi connectivity index (χ4v) is 2.33. The van der Waals surface area contributed by atoms with E-state index in [0.717, 1.165) is 11.5 Å². The maximum Gasteiger partial charge on any atom is 0.319 e. The highest BCUT2D eigenvalue weighted by atomic mass is 32.1. The highest BCUT2D eigenvalue weighted by Crippen LogP contribution is 2.32. The highest BCUT2D eigenvalue weighted by Gasteiger charge is 2.08. The lowest BCUT2D eigenvalue weighted by molar-refractivity contribution is 0.254. The number of aromatic hydroxyl groups is 1. The SMILES string of the molecule is CNC(=O)Nc1cc(N=Nc2snc3nccnc23)ccc1O. The van der Waals surface area contributed by atoms with Crippen LogP contribution in [0.15, 0.2) is 40.8 Å². The zero-order valence-electron chi connectivity index (χ0n) is 11.9. The molecule has 3 N–H and O–H groups in total. The molecule has 2 amide bonds. The minimum absolute atomic E-state index is 0.0679. The summed E-state index contributed by atoms with van der Waals surface area (Å²) in [7, 11) is 1.48. The molecule has 0 aliphatic carbocycles. The van der Waals surface area contributed by atoms with E-state index in [1.54, 1.807) is 18.5 Å². The standard InChI is InChI=1S/C13H11N7O2S/c1-14-13(22)17-8-6-7(2-3-9(8)21)18-19-12-10-11(20-23-12)16-5-4-15-10/h2-6,21H,1H3,(H2,14,17,22). The number of urea groups is 1. The second-order valence-electron chi connectivity index (χ2n) is 4.32. The number of phenolic OH excluding ortho intramolecular Hbond substituents is 1. The van der Waals surface area contributed by atoms with Crippen LogP contribution in [-0.2, 0) is 0 Å². The van der Waals surface area contributed by atoms with Crippen molar-refractivity contribution in [1.82, 2.24) is 19.7 Å². The summed E-state index contributed by atoms with van der Waals surface area (Å²) in [5.74, 6) is -0.0679. The van der Waals surface area contributed by atoms with E-state index in [1.807, 2.05) is 0 Å². The number of azo groups is 1. The van der Waals surface area contributed by atoms with Gasteiger partial charge in [0.15, 0.2) is 10.6 Å². The van der Waals surface area contributed by atoms with Gasteiger partial charge >= 0.3 is 6.03 Å². The van der Waals surface area contributed by atoms with Crippen LogP contribution in [0.5, 0.6) is 5.75 Å². The summed E-state index contributed by atoms with van der Waals surface area (Å²) in [5.41, 5.74) is 1.78. The maximum atomic E-state index is 11.3. The summed E-state index contributed by atoms with van der Waals surface area (Å²) in [6.45, 7) is 0. The van der Waals surface area contributed by atoms with Crippen LogP contribution >= 0.6 is 11.5 Å². The number of amides is 2. The summed E-state index contributed by atoms with van der Waals surface area (Å²) >= 11 is 1.14. The molecule has 0 atom stereocenters. The number of carbonyl (C=O) groups excluding carboxylic acids is 1. The second-order valence-corrected chi connectivity index (χ2v) is 5.07. The molecule has 10 heteroatoms. The lowest BCUT2D eigenvalue weighted by Crippen LogP contribution is -2.24. The monoisotopic (exact) mass is 329 g/mol. The van der Waals surface area contributed by atoms with Crippen LogP contribution in [0.25, 0.3) is 11.2 Å². The van der Waals surface area contributed by atoms with Crippen molar-refractivity contribution in [2.24, 2.45) is 10.2 Å². The lowest BCUT2D eigenvalue weighted by atomic mass is 10.2. The van der Waals surface area contributed by atoms with Crippen LogP contribution in [0.2, 0.25) is 0 Å². The Labute approximate surface area is 134 Å². The van der Waals surface area contributed by atoms with E-state index in [4.69, 9.17) is 0 Å². The molecule has 0 radical (unpaired) electrons. The molecule has 0 aliphatic rings. The summed E-state index contributed by atoms with van der Waals surface area (Å²) < 4.78 is 4.12. The molecule has 9 nitrogen and oxygen atoms in total. The molecule has 0 bridgehead atoms. The normalized spacial score (nSPS) is 11.0. The fourth-order valence-electron chi connectivity index (χ4n) is 1.72. The summed E-state index contributed by atoms with van der Waals surface area (Å²) in [6, 6.07) is 4.05. The number of aromatic nitrogens is 3. The molecule has 3 aromatic rings. The molecule has 3 rings (SSSR count). The van der Waals surface area contributed by atoms with Gasteiger partial charge in [0.1, 0.15) is 11.3 Å². The smallest absolute Gasteiger partial charge is 0.319 e. The van der Waals surface area contributed by atoms with Gasteiger partial charge in [0.25, 0.3) is 0 Å². The van der Waals surface area contributed by atoms with Crippen LogP contribution in [0.3, 0.4) is 0 Å². The average Bonchev–Trinajstić information content (AvgIpc) is 2.98. The molecule has 0 fully saturated rings. The third-order valence-corrected chi connectivity index (χ3v) is 3.52. The number of rotatable bonds is 3. The Hall–Kier alpha value is -3.14. The van der Waals surface area contributed by atoms with Crippen molar-refractivity contribution < 1.29 is 9.90 Å². The van der Waals surface area contributed by atoms with Crippen molar-refractivity contribution in [3.05, 3.63) is 30.6 Å². The second kappa shape index (κ2) is 6.32. The lowest BCUT2D eigenvalue weighted by Gasteiger charge is -2.06. The van der Waals surface area contributed by atoms with Gasteiger partial charge in [-0.3, -0.25) is 0 Å². The Bertz CT molecular complexity index is 893. The topological polar surface area (TPSA) is 125 Å². The van der Waals surface area contributed by atoms with Gasteiger partial charge < -0.3 is 15.7 Å². The first-order valence-electron chi connectivity index (χ1n) is 6.47. The molecule has 0 unspecified atom stereocenters. The van der Waals surface area contributed by atoms with Crippen LogP contribution in [-0.4, -0.2) is 32.5 Å². The number of carbonyl (C=O) groups is 1. The molecule has 0 aliphatic heterocycles. The van der Waals surface area contributed by atoms with E-state index >= 15 is 0 Å². The van der Waals surface area contributed by atoms with Crippen molar-refractivity contribution in [3.8, 4) is 5.75 Å². The highest BCUT2D eigenvalue weighted by molar-refractivity contribution is 7.11. The number of nitrogens with zero attached hydrogens (tertiary/aromatic N) is 5. The molecule has 0 saturated carbocycles. The van der Waals surface area contributed by atoms with Crippen molar-refractivity contribution in [2.75, 3.05) is 12.4 Å². The van der Waals surface area contributed by atoms with Gasteiger partial charge in [-0.2, -0.15) is 4.37 Å². The molecular formula is C13H11N7O2S. The average molecular weight is 329 g/mol. The summed E-state index contributed by atoms with van der Waals surface area (Å²) in [6.07, 6.45) is 3.11. The number of benzene rings is 1. The van der Waals surface area contributed by atoms with Gasteiger partial charge in [-0.05, 0) is 29.7 Å². The van der Waals surface area contributed by atoms with Crippen molar-refractivity contribution >= 4 is 45.1 Å². The van der Waals surface area contributed by atoms with Crippen LogP contribution in [0.4, 0.5) is 21.2 Å². The van der Waals surface area contributed by atoms with Gasteiger partial charge in [0.05, 0.1) is 11.4 Å². The number of hydrogen-bond acceptors (Lipinski definition) is 8. The van der Waals surface area contributed by atoms with Gasteiger partial charge in [-0.1, -0.05) is 0 Å². The number of nitrogens with one attached hydrogen (secondary N) is 2. The summed E-state index contributed by atoms with van der Waals surface area (Å²) in [5, 5.41) is 23.3. The largest absolute Gasteiger partial charge is 0.506 e. The molecule has 116 valence electrons. The van der Waals surface area contributed by atoms with Crippen molar-refractivity contribution in [1.29, 1.82) is 0 Å². The Kier molecular flexibility index (Phi) is 4.06. The van der Waals surface area contributed by atoms with Gasteiger partial charge in [-0.15, -0.1) is 10.2 Å². The third-order valence-electron chi connectivity index (χ3n) is 2.81.